The van der Waals surface area contributed by atoms with Crippen molar-refractivity contribution in [2.75, 3.05) is 12.4 Å². The van der Waals surface area contributed by atoms with Gasteiger partial charge in [-0.05, 0) is 42.0 Å². The first-order valence-electron chi connectivity index (χ1n) is 8.78. The molecule has 1 aromatic carbocycles. The van der Waals surface area contributed by atoms with E-state index < -0.39 is 5.91 Å². The van der Waals surface area contributed by atoms with Crippen molar-refractivity contribution in [1.29, 1.82) is 5.26 Å². The normalized spacial score (nSPS) is 10.1. The van der Waals surface area contributed by atoms with Crippen LogP contribution in [0.15, 0.2) is 61.1 Å². The van der Waals surface area contributed by atoms with E-state index in [0.29, 0.717) is 34.8 Å². The number of hydrogen-bond acceptors (Lipinski definition) is 7. The molecule has 0 radical (unpaired) electrons. The van der Waals surface area contributed by atoms with Crippen molar-refractivity contribution in [3.8, 4) is 11.8 Å². The summed E-state index contributed by atoms with van der Waals surface area (Å²) in [5, 5.41) is 12.1. The number of carbonyl (C=O) groups is 1. The van der Waals surface area contributed by atoms with Gasteiger partial charge in [0.15, 0.2) is 0 Å². The molecule has 0 aliphatic rings. The summed E-state index contributed by atoms with van der Waals surface area (Å²) in [5.74, 6) is 0.531. The third kappa shape index (κ3) is 5.28. The highest BCUT2D eigenvalue weighted by Gasteiger charge is 2.13. The predicted octanol–water partition coefficient (Wildman–Crippen LogP) is 2.83. The van der Waals surface area contributed by atoms with E-state index in [4.69, 9.17) is 14.8 Å². The Morgan fingerprint density at radius 1 is 1.17 bits per heavy atom. The number of carbonyl (C=O) groups excluding carboxylic acids is 1. The Kier molecular flexibility index (Phi) is 6.71. The van der Waals surface area contributed by atoms with E-state index in [-0.39, 0.29) is 6.61 Å². The summed E-state index contributed by atoms with van der Waals surface area (Å²) >= 11 is 0. The van der Waals surface area contributed by atoms with Gasteiger partial charge in [0.2, 0.25) is 0 Å². The molecule has 2 N–H and O–H groups in total. The van der Waals surface area contributed by atoms with E-state index in [9.17, 15) is 4.79 Å². The highest BCUT2D eigenvalue weighted by atomic mass is 16.7. The van der Waals surface area contributed by atoms with Gasteiger partial charge in [-0.15, -0.1) is 0 Å². The number of hydroxylamine groups is 1. The third-order valence-corrected chi connectivity index (χ3v) is 4.07. The lowest BCUT2D eigenvalue weighted by molar-refractivity contribution is 0.0227. The summed E-state index contributed by atoms with van der Waals surface area (Å²) in [7, 11) is 1.51. The zero-order valence-corrected chi connectivity index (χ0v) is 15.8. The molecule has 146 valence electrons. The summed E-state index contributed by atoms with van der Waals surface area (Å²) in [6.45, 7) is 0.587. The smallest absolute Gasteiger partial charge is 0.278 e. The summed E-state index contributed by atoms with van der Waals surface area (Å²) in [4.78, 5) is 26.1. The van der Waals surface area contributed by atoms with Gasteiger partial charge in [-0.2, -0.15) is 5.26 Å². The predicted molar refractivity (Wildman–Crippen MR) is 106 cm³/mol. The Morgan fingerprint density at radius 2 is 2.00 bits per heavy atom. The molecule has 0 atom stereocenters. The lowest BCUT2D eigenvalue weighted by Crippen LogP contribution is -2.25. The molecular formula is C21H19N5O3. The molecule has 8 nitrogen and oxygen atoms in total. The molecule has 1 amide bonds. The van der Waals surface area contributed by atoms with Gasteiger partial charge in [0.1, 0.15) is 18.2 Å². The lowest BCUT2D eigenvalue weighted by atomic mass is 10.1. The molecule has 29 heavy (non-hydrogen) atoms. The Labute approximate surface area is 168 Å². The van der Waals surface area contributed by atoms with Crippen molar-refractivity contribution in [2.24, 2.45) is 0 Å². The van der Waals surface area contributed by atoms with E-state index in [2.05, 4.69) is 20.8 Å². The maximum Gasteiger partial charge on any atom is 0.278 e. The second-order valence-corrected chi connectivity index (χ2v) is 5.97. The number of anilines is 1. The molecule has 8 heteroatoms. The van der Waals surface area contributed by atoms with Crippen LogP contribution in [0.2, 0.25) is 0 Å². The highest BCUT2D eigenvalue weighted by Crippen LogP contribution is 2.20. The van der Waals surface area contributed by atoms with Crippen LogP contribution in [0.1, 0.15) is 27.0 Å². The van der Waals surface area contributed by atoms with Gasteiger partial charge in [-0.25, -0.2) is 10.5 Å². The topological polar surface area (TPSA) is 109 Å². The Bertz CT molecular complexity index is 1020. The van der Waals surface area contributed by atoms with Crippen molar-refractivity contribution in [3.63, 3.8) is 0 Å². The fourth-order valence-corrected chi connectivity index (χ4v) is 2.58. The van der Waals surface area contributed by atoms with Crippen molar-refractivity contribution in [3.05, 3.63) is 83.3 Å². The number of benzene rings is 1. The first-order valence-corrected chi connectivity index (χ1v) is 8.78. The second kappa shape index (κ2) is 9.82. The van der Waals surface area contributed by atoms with Crippen LogP contribution in [-0.4, -0.2) is 23.0 Å². The van der Waals surface area contributed by atoms with Gasteiger partial charge < -0.3 is 10.1 Å². The van der Waals surface area contributed by atoms with Gasteiger partial charge in [0.05, 0.1) is 24.3 Å². The van der Waals surface area contributed by atoms with Gasteiger partial charge in [0, 0.05) is 30.7 Å². The van der Waals surface area contributed by atoms with Crippen molar-refractivity contribution >= 4 is 11.7 Å². The second-order valence-electron chi connectivity index (χ2n) is 5.97. The van der Waals surface area contributed by atoms with Gasteiger partial charge >= 0.3 is 0 Å². The summed E-state index contributed by atoms with van der Waals surface area (Å²) in [6.07, 6.45) is 5.01. The first-order chi connectivity index (χ1) is 14.2. The third-order valence-electron chi connectivity index (χ3n) is 4.07. The van der Waals surface area contributed by atoms with Crippen molar-refractivity contribution < 1.29 is 14.4 Å². The average Bonchev–Trinajstić information content (AvgIpc) is 2.78. The molecule has 2 heterocycles. The number of nitriles is 1. The number of amides is 1. The molecule has 2 aromatic heterocycles. The standard InChI is InChI=1S/C21H19N5O3/c1-28-19-11-16(12-22)4-5-17(19)14-29-26-21(27)18-3-2-8-24-20(18)25-13-15-6-9-23-10-7-15/h2-11H,13-14H2,1H3,(H,24,25)(H,26,27). The van der Waals surface area contributed by atoms with E-state index in [1.165, 1.54) is 7.11 Å². The molecule has 3 rings (SSSR count). The monoisotopic (exact) mass is 389 g/mol. The average molecular weight is 389 g/mol. The number of hydrogen-bond donors (Lipinski definition) is 2. The fraction of sp³-hybridized carbons (Fsp3) is 0.143. The molecule has 0 spiro atoms. The molecule has 0 unspecified atom stereocenters. The lowest BCUT2D eigenvalue weighted by Gasteiger charge is -2.12. The first kappa shape index (κ1) is 19.8. The molecule has 0 saturated heterocycles. The minimum atomic E-state index is -0.428. The van der Waals surface area contributed by atoms with Crippen LogP contribution in [0.5, 0.6) is 5.75 Å². The van der Waals surface area contributed by atoms with Crippen LogP contribution in [0.4, 0.5) is 5.82 Å². The van der Waals surface area contributed by atoms with Crippen LogP contribution in [-0.2, 0) is 18.0 Å². The van der Waals surface area contributed by atoms with Gasteiger partial charge in [0.25, 0.3) is 5.91 Å². The molecule has 0 aliphatic carbocycles. The summed E-state index contributed by atoms with van der Waals surface area (Å²) in [5.41, 5.74) is 4.97. The van der Waals surface area contributed by atoms with Crippen LogP contribution in [0.3, 0.4) is 0 Å². The van der Waals surface area contributed by atoms with E-state index >= 15 is 0 Å². The number of rotatable bonds is 8. The molecule has 0 bridgehead atoms. The minimum Gasteiger partial charge on any atom is -0.496 e. The van der Waals surface area contributed by atoms with Crippen LogP contribution in [0, 0.1) is 11.3 Å². The molecular weight excluding hydrogens is 370 g/mol. The number of methoxy groups -OCH3 is 1. The Morgan fingerprint density at radius 3 is 2.76 bits per heavy atom. The fourth-order valence-electron chi connectivity index (χ4n) is 2.58. The minimum absolute atomic E-state index is 0.0840. The van der Waals surface area contributed by atoms with Crippen molar-refractivity contribution in [1.82, 2.24) is 15.4 Å². The van der Waals surface area contributed by atoms with Gasteiger partial charge in [-0.1, -0.05) is 6.07 Å². The number of nitrogens with zero attached hydrogens (tertiary/aromatic N) is 3. The Balaban J connectivity index is 1.61. The van der Waals surface area contributed by atoms with Crippen LogP contribution >= 0.6 is 0 Å². The van der Waals surface area contributed by atoms with E-state index in [0.717, 1.165) is 5.56 Å². The van der Waals surface area contributed by atoms with Crippen molar-refractivity contribution in [2.45, 2.75) is 13.2 Å². The van der Waals surface area contributed by atoms with Crippen LogP contribution < -0.4 is 15.5 Å². The molecule has 0 saturated carbocycles. The van der Waals surface area contributed by atoms with Crippen LogP contribution in [0.25, 0.3) is 0 Å². The quantitative estimate of drug-likeness (QED) is 0.570. The highest BCUT2D eigenvalue weighted by molar-refractivity contribution is 5.98. The molecule has 3 aromatic rings. The number of ether oxygens (including phenoxy) is 1. The maximum absolute atomic E-state index is 12.5. The molecule has 0 fully saturated rings. The maximum atomic E-state index is 12.5. The zero-order valence-electron chi connectivity index (χ0n) is 15.8. The largest absolute Gasteiger partial charge is 0.496 e. The summed E-state index contributed by atoms with van der Waals surface area (Å²) < 4.78 is 5.25. The van der Waals surface area contributed by atoms with E-state index in [1.807, 2.05) is 18.2 Å². The zero-order chi connectivity index (χ0) is 20.5. The SMILES string of the molecule is COc1cc(C#N)ccc1CONC(=O)c1cccnc1NCc1ccncc1. The summed E-state index contributed by atoms with van der Waals surface area (Å²) in [6, 6.07) is 14.1. The number of aromatic nitrogens is 2. The molecule has 0 aliphatic heterocycles. The van der Waals surface area contributed by atoms with Gasteiger partial charge in [-0.3, -0.25) is 14.6 Å². The Hall–Kier alpha value is -3.96. The van der Waals surface area contributed by atoms with E-state index in [1.54, 1.807) is 48.9 Å². The number of pyridine rings is 2. The number of nitrogens with one attached hydrogen (secondary N) is 2.